The van der Waals surface area contributed by atoms with E-state index in [1.54, 1.807) is 0 Å². The number of carbonyl (C=O) groups is 1. The van der Waals surface area contributed by atoms with Crippen molar-refractivity contribution in [2.45, 2.75) is 78.6 Å². The number of rotatable bonds is 1. The van der Waals surface area contributed by atoms with Crippen LogP contribution < -0.4 is 0 Å². The summed E-state index contributed by atoms with van der Waals surface area (Å²) in [4.78, 5) is 12.0. The molecule has 128 valence electrons. The number of allylic oxidation sites excluding steroid dienone is 1. The highest BCUT2D eigenvalue weighted by molar-refractivity contribution is 5.79. The third-order valence-electron chi connectivity index (χ3n) is 9.08. The Kier molecular flexibility index (Phi) is 3.60. The molecule has 0 saturated heterocycles. The Hall–Kier alpha value is -0.590. The maximum Gasteiger partial charge on any atom is 0.133 e. The second-order valence-corrected chi connectivity index (χ2v) is 9.92. The SMILES string of the molecule is C=C(C)[C@H]1CC[C@H]2[C@@H]3CCC4CC(=O)CC[C@]4(C)[C@H]3CC[C@]12C. The van der Waals surface area contributed by atoms with Crippen LogP contribution in [0.25, 0.3) is 0 Å². The summed E-state index contributed by atoms with van der Waals surface area (Å²) < 4.78 is 0. The Bertz CT molecular complexity index is 534. The van der Waals surface area contributed by atoms with Crippen molar-refractivity contribution in [3.05, 3.63) is 12.2 Å². The molecule has 0 amide bonds. The van der Waals surface area contributed by atoms with Crippen LogP contribution in [0.15, 0.2) is 12.2 Å². The van der Waals surface area contributed by atoms with E-state index in [4.69, 9.17) is 0 Å². The largest absolute Gasteiger partial charge is 0.300 e. The number of hydrogen-bond donors (Lipinski definition) is 0. The van der Waals surface area contributed by atoms with Gasteiger partial charge in [-0.2, -0.15) is 0 Å². The smallest absolute Gasteiger partial charge is 0.133 e. The van der Waals surface area contributed by atoms with Gasteiger partial charge in [0.2, 0.25) is 0 Å². The second-order valence-electron chi connectivity index (χ2n) is 9.92. The van der Waals surface area contributed by atoms with Crippen LogP contribution in [0.5, 0.6) is 0 Å². The third-order valence-corrected chi connectivity index (χ3v) is 9.08. The van der Waals surface area contributed by atoms with Crippen LogP contribution in [0.2, 0.25) is 0 Å². The quantitative estimate of drug-likeness (QED) is 0.560. The van der Waals surface area contributed by atoms with Crippen LogP contribution in [-0.4, -0.2) is 5.78 Å². The lowest BCUT2D eigenvalue weighted by molar-refractivity contribution is -0.139. The van der Waals surface area contributed by atoms with E-state index in [9.17, 15) is 4.79 Å². The van der Waals surface area contributed by atoms with Crippen LogP contribution in [-0.2, 0) is 4.79 Å². The molecule has 4 saturated carbocycles. The van der Waals surface area contributed by atoms with Crippen molar-refractivity contribution in [3.8, 4) is 0 Å². The van der Waals surface area contributed by atoms with Gasteiger partial charge in [-0.05, 0) is 92.3 Å². The van der Waals surface area contributed by atoms with Gasteiger partial charge in [-0.1, -0.05) is 26.0 Å². The molecular weight excluding hydrogens is 280 g/mol. The summed E-state index contributed by atoms with van der Waals surface area (Å²) in [6.07, 6.45) is 11.2. The number of ketones is 1. The molecule has 4 aliphatic carbocycles. The molecule has 0 N–H and O–H groups in total. The zero-order chi connectivity index (χ0) is 16.4. The van der Waals surface area contributed by atoms with E-state index < -0.39 is 0 Å². The maximum atomic E-state index is 12.0. The Morgan fingerprint density at radius 1 is 1.00 bits per heavy atom. The molecule has 4 aliphatic rings. The fourth-order valence-electron chi connectivity index (χ4n) is 7.85. The molecule has 0 aliphatic heterocycles. The van der Waals surface area contributed by atoms with Crippen LogP contribution >= 0.6 is 0 Å². The predicted octanol–water partition coefficient (Wildman–Crippen LogP) is 5.79. The van der Waals surface area contributed by atoms with Crippen molar-refractivity contribution in [1.82, 2.24) is 0 Å². The molecule has 0 spiro atoms. The molecule has 0 aromatic heterocycles. The Morgan fingerprint density at radius 3 is 2.48 bits per heavy atom. The molecule has 0 radical (unpaired) electrons. The molecule has 1 nitrogen and oxygen atoms in total. The van der Waals surface area contributed by atoms with Crippen LogP contribution in [0.4, 0.5) is 0 Å². The van der Waals surface area contributed by atoms with Crippen molar-refractivity contribution >= 4 is 5.78 Å². The Morgan fingerprint density at radius 2 is 1.74 bits per heavy atom. The summed E-state index contributed by atoms with van der Waals surface area (Å²) in [5, 5.41) is 0. The first-order valence-corrected chi connectivity index (χ1v) is 10.0. The lowest BCUT2D eigenvalue weighted by atomic mass is 9.44. The fraction of sp³-hybridized carbons (Fsp3) is 0.864. The molecule has 4 fully saturated rings. The van der Waals surface area contributed by atoms with Crippen LogP contribution in [0.3, 0.4) is 0 Å². The highest BCUT2D eigenvalue weighted by atomic mass is 16.1. The van der Waals surface area contributed by atoms with Gasteiger partial charge in [-0.3, -0.25) is 4.79 Å². The van der Waals surface area contributed by atoms with E-state index in [2.05, 4.69) is 27.4 Å². The molecule has 7 atom stereocenters. The van der Waals surface area contributed by atoms with Crippen molar-refractivity contribution in [1.29, 1.82) is 0 Å². The first-order valence-electron chi connectivity index (χ1n) is 10.0. The molecule has 4 rings (SSSR count). The first kappa shape index (κ1) is 15.9. The van der Waals surface area contributed by atoms with E-state index in [1.807, 2.05) is 0 Å². The first-order chi connectivity index (χ1) is 10.9. The molecule has 23 heavy (non-hydrogen) atoms. The van der Waals surface area contributed by atoms with Gasteiger partial charge in [0.15, 0.2) is 0 Å². The summed E-state index contributed by atoms with van der Waals surface area (Å²) in [6.45, 7) is 11.7. The minimum absolute atomic E-state index is 0.458. The zero-order valence-electron chi connectivity index (χ0n) is 15.4. The van der Waals surface area contributed by atoms with Crippen molar-refractivity contribution < 1.29 is 4.79 Å². The summed E-state index contributed by atoms with van der Waals surface area (Å²) >= 11 is 0. The highest BCUT2D eigenvalue weighted by Crippen LogP contribution is 2.67. The van der Waals surface area contributed by atoms with Gasteiger partial charge in [0.1, 0.15) is 5.78 Å². The second kappa shape index (κ2) is 5.20. The lowest BCUT2D eigenvalue weighted by Crippen LogP contribution is -2.53. The average Bonchev–Trinajstić information content (AvgIpc) is 2.85. The summed E-state index contributed by atoms with van der Waals surface area (Å²) in [5.41, 5.74) is 2.40. The number of fused-ring (bicyclic) bond motifs is 5. The van der Waals surface area contributed by atoms with E-state index in [0.717, 1.165) is 36.5 Å². The van der Waals surface area contributed by atoms with Crippen LogP contribution in [0.1, 0.15) is 78.6 Å². The van der Waals surface area contributed by atoms with E-state index in [0.29, 0.717) is 22.5 Å². The van der Waals surface area contributed by atoms with Gasteiger partial charge in [-0.25, -0.2) is 0 Å². The van der Waals surface area contributed by atoms with Gasteiger partial charge in [0.05, 0.1) is 0 Å². The number of carbonyl (C=O) groups excluding carboxylic acids is 1. The average molecular weight is 315 g/mol. The normalized spacial score (nSPS) is 52.5. The minimum Gasteiger partial charge on any atom is -0.300 e. The molecule has 0 aromatic carbocycles. The topological polar surface area (TPSA) is 17.1 Å². The van der Waals surface area contributed by atoms with Gasteiger partial charge in [0.25, 0.3) is 0 Å². The maximum absolute atomic E-state index is 12.0. The van der Waals surface area contributed by atoms with Gasteiger partial charge < -0.3 is 0 Å². The van der Waals surface area contributed by atoms with Crippen molar-refractivity contribution in [2.75, 3.05) is 0 Å². The Balaban J connectivity index is 1.63. The predicted molar refractivity (Wildman–Crippen MR) is 95.0 cm³/mol. The molecule has 0 bridgehead atoms. The third kappa shape index (κ3) is 2.14. The number of hydrogen-bond acceptors (Lipinski definition) is 1. The zero-order valence-corrected chi connectivity index (χ0v) is 15.4. The van der Waals surface area contributed by atoms with Gasteiger partial charge in [0, 0.05) is 12.8 Å². The van der Waals surface area contributed by atoms with Crippen LogP contribution in [0, 0.1) is 40.4 Å². The van der Waals surface area contributed by atoms with Gasteiger partial charge >= 0.3 is 0 Å². The molecule has 0 aromatic rings. The fourth-order valence-corrected chi connectivity index (χ4v) is 7.85. The highest BCUT2D eigenvalue weighted by Gasteiger charge is 2.60. The molecule has 0 heterocycles. The lowest BCUT2D eigenvalue weighted by Gasteiger charge is -2.60. The Labute approximate surface area is 142 Å². The number of Topliss-reactive ketones (excluding diaryl/α,β-unsaturated/α-hetero) is 1. The van der Waals surface area contributed by atoms with E-state index in [1.165, 1.54) is 50.5 Å². The minimum atomic E-state index is 0.458. The monoisotopic (exact) mass is 314 g/mol. The van der Waals surface area contributed by atoms with Crippen molar-refractivity contribution in [2.24, 2.45) is 40.4 Å². The summed E-state index contributed by atoms with van der Waals surface area (Å²) in [6, 6.07) is 0. The van der Waals surface area contributed by atoms with Crippen molar-refractivity contribution in [3.63, 3.8) is 0 Å². The molecule has 1 unspecified atom stereocenters. The summed E-state index contributed by atoms with van der Waals surface area (Å²) in [5.74, 6) is 4.71. The summed E-state index contributed by atoms with van der Waals surface area (Å²) in [7, 11) is 0. The van der Waals surface area contributed by atoms with Gasteiger partial charge in [-0.15, -0.1) is 0 Å². The van der Waals surface area contributed by atoms with E-state index >= 15 is 0 Å². The standard InChI is InChI=1S/C22H34O/c1-14(2)18-7-8-19-17-6-5-15-13-16(23)9-11-21(15,3)20(17)10-12-22(18,19)4/h15,17-20H,1,5-13H2,2-4H3/t15?,17-,18+,19-,20-,21-,22+/m0/s1. The molecule has 1 heteroatoms. The van der Waals surface area contributed by atoms with E-state index in [-0.39, 0.29) is 0 Å². The molecular formula is C22H34O.